The van der Waals surface area contributed by atoms with Gasteiger partial charge in [0.1, 0.15) is 5.82 Å². The van der Waals surface area contributed by atoms with E-state index in [9.17, 15) is 26.0 Å². The second-order valence-corrected chi connectivity index (χ2v) is 9.60. The molecule has 8 nitrogen and oxygen atoms in total. The number of amides is 1. The first-order valence-corrected chi connectivity index (χ1v) is 11.7. The third kappa shape index (κ3) is 8.02. The van der Waals surface area contributed by atoms with E-state index in [4.69, 9.17) is 0 Å². The van der Waals surface area contributed by atoms with Crippen molar-refractivity contribution in [3.8, 4) is 0 Å². The number of aryl methyl sites for hydroxylation is 1. The molecule has 2 aromatic rings. The smallest absolute Gasteiger partial charge is 0.239 e. The van der Waals surface area contributed by atoms with Crippen LogP contribution in [-0.4, -0.2) is 35.5 Å². The van der Waals surface area contributed by atoms with Crippen LogP contribution in [0.25, 0.3) is 6.08 Å². The van der Waals surface area contributed by atoms with Gasteiger partial charge in [-0.15, -0.1) is 0 Å². The Labute approximate surface area is 168 Å². The maximum atomic E-state index is 13.6. The minimum absolute atomic E-state index is 0.0944. The van der Waals surface area contributed by atoms with Crippen LogP contribution in [0.3, 0.4) is 0 Å². The number of hydrogen-bond donors (Lipinski definition) is 3. The van der Waals surface area contributed by atoms with Crippen LogP contribution in [0.2, 0.25) is 0 Å². The minimum Gasteiger partial charge on any atom is -0.325 e. The summed E-state index contributed by atoms with van der Waals surface area (Å²) in [6.45, 7) is 1.35. The van der Waals surface area contributed by atoms with E-state index in [0.29, 0.717) is 5.56 Å². The van der Waals surface area contributed by atoms with E-state index in [1.807, 2.05) is 23.8 Å². The molecule has 0 aliphatic heterocycles. The number of benzene rings is 2. The van der Waals surface area contributed by atoms with Crippen LogP contribution in [-0.2, 0) is 24.8 Å². The van der Waals surface area contributed by atoms with Crippen molar-refractivity contribution in [1.29, 1.82) is 0 Å². The summed E-state index contributed by atoms with van der Waals surface area (Å²) < 4.78 is 64.2. The quantitative estimate of drug-likeness (QED) is 0.579. The molecule has 2 aromatic carbocycles. The molecule has 1 amide bonds. The maximum absolute atomic E-state index is 13.6. The fourth-order valence-electron chi connectivity index (χ4n) is 2.15. The van der Waals surface area contributed by atoms with Gasteiger partial charge in [-0.2, -0.15) is 0 Å². The predicted molar refractivity (Wildman–Crippen MR) is 111 cm³/mol. The average Bonchev–Trinajstić information content (AvgIpc) is 2.61. The fourth-order valence-corrected chi connectivity index (χ4v) is 3.47. The summed E-state index contributed by atoms with van der Waals surface area (Å²) >= 11 is 0. The number of carbonyl (C=O) groups excluding carboxylic acids is 1. The largest absolute Gasteiger partial charge is 0.325 e. The highest BCUT2D eigenvalue weighted by Crippen LogP contribution is 2.20. The molecular weight excluding hydrogens is 421 g/mol. The first-order valence-electron chi connectivity index (χ1n) is 8.25. The lowest BCUT2D eigenvalue weighted by molar-refractivity contribution is -0.115. The molecule has 2 rings (SSSR count). The van der Waals surface area contributed by atoms with Crippen molar-refractivity contribution in [2.45, 2.75) is 6.92 Å². The number of hydrogen-bond acceptors (Lipinski definition) is 5. The topological polar surface area (TPSA) is 121 Å². The third-order valence-electron chi connectivity index (χ3n) is 3.50. The number of anilines is 2. The summed E-state index contributed by atoms with van der Waals surface area (Å²) in [6, 6.07) is 10.4. The van der Waals surface area contributed by atoms with Crippen molar-refractivity contribution >= 4 is 43.4 Å². The van der Waals surface area contributed by atoms with Crippen molar-refractivity contribution < 1.29 is 26.0 Å². The molecule has 0 unspecified atom stereocenters. The second-order valence-electron chi connectivity index (χ2n) is 6.20. The molecule has 0 atom stereocenters. The highest BCUT2D eigenvalue weighted by atomic mass is 32.2. The summed E-state index contributed by atoms with van der Waals surface area (Å²) in [5.74, 6) is -1.54. The lowest BCUT2D eigenvalue weighted by atomic mass is 10.2. The molecule has 11 heteroatoms. The zero-order valence-corrected chi connectivity index (χ0v) is 17.3. The lowest BCUT2D eigenvalue weighted by Gasteiger charge is -2.10. The Morgan fingerprint density at radius 3 is 2.34 bits per heavy atom. The molecule has 156 valence electrons. The average molecular weight is 442 g/mol. The molecule has 0 radical (unpaired) electrons. The number of nitrogens with one attached hydrogen (secondary N) is 3. The van der Waals surface area contributed by atoms with Gasteiger partial charge in [-0.25, -0.2) is 25.9 Å². The zero-order valence-electron chi connectivity index (χ0n) is 15.6. The molecule has 0 spiro atoms. The first kappa shape index (κ1) is 22.5. The van der Waals surface area contributed by atoms with Gasteiger partial charge in [-0.3, -0.25) is 9.52 Å². The molecule has 0 bridgehead atoms. The van der Waals surface area contributed by atoms with Gasteiger partial charge in [0.15, 0.2) is 0 Å². The molecule has 0 aliphatic carbocycles. The van der Waals surface area contributed by atoms with E-state index in [1.165, 1.54) is 12.1 Å². The van der Waals surface area contributed by atoms with Crippen LogP contribution < -0.4 is 14.8 Å². The van der Waals surface area contributed by atoms with Crippen LogP contribution in [0.15, 0.2) is 47.9 Å². The molecule has 0 aliphatic rings. The Morgan fingerprint density at radius 1 is 1.07 bits per heavy atom. The summed E-state index contributed by atoms with van der Waals surface area (Å²) in [5.41, 5.74) is 1.47. The minimum atomic E-state index is -3.86. The zero-order chi connectivity index (χ0) is 21.7. The second kappa shape index (κ2) is 9.16. The summed E-state index contributed by atoms with van der Waals surface area (Å²) in [5, 5.41) is 3.30. The van der Waals surface area contributed by atoms with Crippen LogP contribution in [0.1, 0.15) is 11.1 Å². The lowest BCUT2D eigenvalue weighted by Crippen LogP contribution is -2.31. The SMILES string of the molecule is Cc1ccc(/C=C/S(=O)(=O)NCC(=O)Nc2ccc(F)c(NS(C)(=O)=O)c2)cc1. The Balaban J connectivity index is 1.97. The van der Waals surface area contributed by atoms with Crippen molar-refractivity contribution in [2.75, 3.05) is 22.8 Å². The van der Waals surface area contributed by atoms with E-state index in [0.717, 1.165) is 29.4 Å². The van der Waals surface area contributed by atoms with Gasteiger partial charge in [0.2, 0.25) is 26.0 Å². The van der Waals surface area contributed by atoms with Crippen molar-refractivity contribution in [2.24, 2.45) is 0 Å². The Hall–Kier alpha value is -2.76. The van der Waals surface area contributed by atoms with Gasteiger partial charge in [0.25, 0.3) is 0 Å². The first-order chi connectivity index (χ1) is 13.4. The van der Waals surface area contributed by atoms with Gasteiger partial charge in [0, 0.05) is 11.1 Å². The van der Waals surface area contributed by atoms with E-state index in [2.05, 4.69) is 10.0 Å². The van der Waals surface area contributed by atoms with Crippen LogP contribution in [0, 0.1) is 12.7 Å². The van der Waals surface area contributed by atoms with Crippen molar-refractivity contribution in [3.05, 3.63) is 64.8 Å². The van der Waals surface area contributed by atoms with Gasteiger partial charge in [0.05, 0.1) is 18.5 Å². The molecular formula is C18H20FN3O5S2. The number of rotatable bonds is 8. The van der Waals surface area contributed by atoms with Crippen molar-refractivity contribution in [1.82, 2.24) is 4.72 Å². The van der Waals surface area contributed by atoms with Crippen LogP contribution >= 0.6 is 0 Å². The van der Waals surface area contributed by atoms with E-state index >= 15 is 0 Å². The number of halogens is 1. The van der Waals surface area contributed by atoms with E-state index in [-0.39, 0.29) is 11.4 Å². The van der Waals surface area contributed by atoms with Gasteiger partial charge < -0.3 is 5.32 Å². The molecule has 0 aromatic heterocycles. The predicted octanol–water partition coefficient (Wildman–Crippen LogP) is 2.03. The van der Waals surface area contributed by atoms with Crippen LogP contribution in [0.5, 0.6) is 0 Å². The van der Waals surface area contributed by atoms with E-state index in [1.54, 1.807) is 12.1 Å². The van der Waals surface area contributed by atoms with Gasteiger partial charge in [-0.05, 0) is 36.8 Å². The molecule has 0 heterocycles. The summed E-state index contributed by atoms with van der Waals surface area (Å²) in [4.78, 5) is 12.0. The van der Waals surface area contributed by atoms with Crippen molar-refractivity contribution in [3.63, 3.8) is 0 Å². The highest BCUT2D eigenvalue weighted by Gasteiger charge is 2.12. The maximum Gasteiger partial charge on any atom is 0.239 e. The molecule has 0 fully saturated rings. The number of sulfonamides is 2. The third-order valence-corrected chi connectivity index (χ3v) is 5.13. The standard InChI is InChI=1S/C18H20FN3O5S2/c1-13-3-5-14(6-4-13)9-10-29(26,27)20-12-18(23)21-15-7-8-16(19)17(11-15)22-28(2,24)25/h3-11,20,22H,12H2,1-2H3,(H,21,23)/b10-9+. The normalized spacial score (nSPS) is 12.1. The Bertz CT molecular complexity index is 1130. The summed E-state index contributed by atoms with van der Waals surface area (Å²) in [7, 11) is -7.57. The van der Waals surface area contributed by atoms with Gasteiger partial charge >= 0.3 is 0 Å². The molecule has 3 N–H and O–H groups in total. The van der Waals surface area contributed by atoms with Crippen LogP contribution in [0.4, 0.5) is 15.8 Å². The highest BCUT2D eigenvalue weighted by molar-refractivity contribution is 7.92. The van der Waals surface area contributed by atoms with Gasteiger partial charge in [-0.1, -0.05) is 29.8 Å². The fraction of sp³-hybridized carbons (Fsp3) is 0.167. The molecule has 0 saturated heterocycles. The molecule has 29 heavy (non-hydrogen) atoms. The molecule has 0 saturated carbocycles. The summed E-state index contributed by atoms with van der Waals surface area (Å²) in [6.07, 6.45) is 2.25. The van der Waals surface area contributed by atoms with E-state index < -0.39 is 38.3 Å². The Morgan fingerprint density at radius 2 is 1.72 bits per heavy atom. The Kier molecular flexibility index (Phi) is 7.11. The monoisotopic (exact) mass is 441 g/mol. The number of carbonyl (C=O) groups is 1.